The molecule has 0 aliphatic rings. The number of carbonyl (C=O) groups is 1. The van der Waals surface area contributed by atoms with Crippen LogP contribution in [-0.4, -0.2) is 15.9 Å². The number of aryl methyl sites for hydroxylation is 1. The van der Waals surface area contributed by atoms with Crippen LogP contribution in [0.2, 0.25) is 0 Å². The fourth-order valence-electron chi connectivity index (χ4n) is 2.77. The number of fused-ring (bicyclic) bond motifs is 1. The molecule has 1 amide bonds. The van der Waals surface area contributed by atoms with Gasteiger partial charge in [0.15, 0.2) is 0 Å². The molecule has 0 saturated heterocycles. The molecule has 2 aromatic carbocycles. The molecule has 0 atom stereocenters. The minimum Gasteiger partial charge on any atom is -0.465 e. The number of furan rings is 1. The van der Waals surface area contributed by atoms with Gasteiger partial charge in [0.25, 0.3) is 5.91 Å². The standard InChI is InChI=1S/C21H17FN4O2/c1-13-6-11-16(28-13)12-23-21(27)20-25-18-5-3-2-4-17(18)19(26-20)24-15-9-7-14(22)8-10-15/h2-11H,12H2,1H3,(H,23,27)(H,24,25,26). The maximum Gasteiger partial charge on any atom is 0.289 e. The van der Waals surface area contributed by atoms with E-state index in [4.69, 9.17) is 4.42 Å². The smallest absolute Gasteiger partial charge is 0.289 e. The molecule has 0 spiro atoms. The molecule has 7 heteroatoms. The first-order chi connectivity index (χ1) is 13.6. The summed E-state index contributed by atoms with van der Waals surface area (Å²) < 4.78 is 18.6. The molecule has 2 N–H and O–H groups in total. The Labute approximate surface area is 160 Å². The molecule has 0 fully saturated rings. The van der Waals surface area contributed by atoms with Crippen molar-refractivity contribution in [2.24, 2.45) is 0 Å². The van der Waals surface area contributed by atoms with Gasteiger partial charge in [0.05, 0.1) is 12.1 Å². The van der Waals surface area contributed by atoms with Gasteiger partial charge < -0.3 is 15.1 Å². The number of hydrogen-bond acceptors (Lipinski definition) is 5. The Morgan fingerprint density at radius 2 is 1.82 bits per heavy atom. The average molecular weight is 376 g/mol. The van der Waals surface area contributed by atoms with E-state index in [-0.39, 0.29) is 18.2 Å². The Kier molecular flexibility index (Phi) is 4.72. The highest BCUT2D eigenvalue weighted by Gasteiger charge is 2.14. The molecule has 0 aliphatic carbocycles. The van der Waals surface area contributed by atoms with Gasteiger partial charge >= 0.3 is 0 Å². The highest BCUT2D eigenvalue weighted by atomic mass is 19.1. The maximum absolute atomic E-state index is 13.2. The van der Waals surface area contributed by atoms with E-state index >= 15 is 0 Å². The molecule has 28 heavy (non-hydrogen) atoms. The van der Waals surface area contributed by atoms with E-state index in [2.05, 4.69) is 20.6 Å². The first-order valence-corrected chi connectivity index (χ1v) is 8.71. The zero-order chi connectivity index (χ0) is 19.5. The van der Waals surface area contributed by atoms with E-state index in [0.29, 0.717) is 22.8 Å². The van der Waals surface area contributed by atoms with Crippen LogP contribution in [0.5, 0.6) is 0 Å². The second-order valence-electron chi connectivity index (χ2n) is 6.24. The van der Waals surface area contributed by atoms with Crippen LogP contribution in [0, 0.1) is 12.7 Å². The summed E-state index contributed by atoms with van der Waals surface area (Å²) in [4.78, 5) is 21.3. The van der Waals surface area contributed by atoms with Gasteiger partial charge in [-0.25, -0.2) is 14.4 Å². The minimum absolute atomic E-state index is 0.0339. The lowest BCUT2D eigenvalue weighted by Gasteiger charge is -2.11. The largest absolute Gasteiger partial charge is 0.465 e. The molecular formula is C21H17FN4O2. The van der Waals surface area contributed by atoms with Crippen LogP contribution < -0.4 is 10.6 Å². The summed E-state index contributed by atoms with van der Waals surface area (Å²) in [5.41, 5.74) is 1.28. The van der Waals surface area contributed by atoms with Gasteiger partial charge in [-0.3, -0.25) is 4.79 Å². The summed E-state index contributed by atoms with van der Waals surface area (Å²) in [6.45, 7) is 2.08. The second-order valence-corrected chi connectivity index (χ2v) is 6.24. The third-order valence-corrected chi connectivity index (χ3v) is 4.13. The van der Waals surface area contributed by atoms with Crippen molar-refractivity contribution in [1.82, 2.24) is 15.3 Å². The van der Waals surface area contributed by atoms with Crippen molar-refractivity contribution in [2.75, 3.05) is 5.32 Å². The number of benzene rings is 2. The molecule has 140 valence electrons. The molecule has 0 bridgehead atoms. The highest BCUT2D eigenvalue weighted by molar-refractivity contribution is 5.97. The molecule has 4 rings (SSSR count). The normalized spacial score (nSPS) is 10.8. The quantitative estimate of drug-likeness (QED) is 0.541. The van der Waals surface area contributed by atoms with Crippen LogP contribution in [0.1, 0.15) is 22.1 Å². The van der Waals surface area contributed by atoms with E-state index in [1.165, 1.54) is 12.1 Å². The Bertz CT molecular complexity index is 1140. The number of anilines is 2. The summed E-state index contributed by atoms with van der Waals surface area (Å²) in [5, 5.41) is 6.64. The number of rotatable bonds is 5. The average Bonchev–Trinajstić information content (AvgIpc) is 3.13. The summed E-state index contributed by atoms with van der Waals surface area (Å²) in [6.07, 6.45) is 0. The summed E-state index contributed by atoms with van der Waals surface area (Å²) in [6, 6.07) is 16.9. The van der Waals surface area contributed by atoms with Gasteiger partial charge in [-0.15, -0.1) is 0 Å². The summed E-state index contributed by atoms with van der Waals surface area (Å²) in [7, 11) is 0. The first kappa shape index (κ1) is 17.7. The lowest BCUT2D eigenvalue weighted by molar-refractivity contribution is 0.0938. The number of nitrogens with one attached hydrogen (secondary N) is 2. The van der Waals surface area contributed by atoms with Crippen molar-refractivity contribution in [1.29, 1.82) is 0 Å². The van der Waals surface area contributed by atoms with Crippen molar-refractivity contribution in [3.8, 4) is 0 Å². The monoisotopic (exact) mass is 376 g/mol. The van der Waals surface area contributed by atoms with Crippen molar-refractivity contribution in [3.63, 3.8) is 0 Å². The van der Waals surface area contributed by atoms with Crippen LogP contribution in [0.15, 0.2) is 65.1 Å². The maximum atomic E-state index is 13.2. The Balaban J connectivity index is 1.63. The first-order valence-electron chi connectivity index (χ1n) is 8.71. The molecular weight excluding hydrogens is 359 g/mol. The lowest BCUT2D eigenvalue weighted by Crippen LogP contribution is -2.25. The molecule has 0 unspecified atom stereocenters. The van der Waals surface area contributed by atoms with Crippen LogP contribution in [0.3, 0.4) is 0 Å². The lowest BCUT2D eigenvalue weighted by atomic mass is 10.2. The second kappa shape index (κ2) is 7.48. The predicted octanol–water partition coefficient (Wildman–Crippen LogP) is 4.34. The van der Waals surface area contributed by atoms with E-state index < -0.39 is 5.91 Å². The van der Waals surface area contributed by atoms with Crippen molar-refractivity contribution in [3.05, 3.63) is 83.8 Å². The number of hydrogen-bond donors (Lipinski definition) is 2. The number of amides is 1. The van der Waals surface area contributed by atoms with Gasteiger partial charge in [0.1, 0.15) is 23.2 Å². The molecule has 6 nitrogen and oxygen atoms in total. The molecule has 0 radical (unpaired) electrons. The third-order valence-electron chi connectivity index (χ3n) is 4.13. The zero-order valence-corrected chi connectivity index (χ0v) is 15.1. The molecule has 4 aromatic rings. The predicted molar refractivity (Wildman–Crippen MR) is 104 cm³/mol. The van der Waals surface area contributed by atoms with E-state index in [0.717, 1.165) is 11.1 Å². The highest BCUT2D eigenvalue weighted by Crippen LogP contribution is 2.24. The van der Waals surface area contributed by atoms with Gasteiger partial charge in [-0.1, -0.05) is 12.1 Å². The van der Waals surface area contributed by atoms with Crippen LogP contribution in [0.4, 0.5) is 15.9 Å². The van der Waals surface area contributed by atoms with E-state index in [9.17, 15) is 9.18 Å². The minimum atomic E-state index is -0.415. The summed E-state index contributed by atoms with van der Waals surface area (Å²) >= 11 is 0. The van der Waals surface area contributed by atoms with Gasteiger partial charge in [0.2, 0.25) is 5.82 Å². The van der Waals surface area contributed by atoms with E-state index in [1.807, 2.05) is 31.2 Å². The van der Waals surface area contributed by atoms with Crippen molar-refractivity contribution < 1.29 is 13.6 Å². The fourth-order valence-corrected chi connectivity index (χ4v) is 2.77. The fraction of sp³-hybridized carbons (Fsp3) is 0.0952. The van der Waals surface area contributed by atoms with Crippen LogP contribution >= 0.6 is 0 Å². The molecule has 0 saturated carbocycles. The number of aromatic nitrogens is 2. The number of nitrogens with zero attached hydrogens (tertiary/aromatic N) is 2. The van der Waals surface area contributed by atoms with Crippen molar-refractivity contribution in [2.45, 2.75) is 13.5 Å². The van der Waals surface area contributed by atoms with Gasteiger partial charge in [-0.05, 0) is 55.5 Å². The number of para-hydroxylation sites is 1. The third kappa shape index (κ3) is 3.83. The van der Waals surface area contributed by atoms with Crippen LogP contribution in [0.25, 0.3) is 10.9 Å². The van der Waals surface area contributed by atoms with Gasteiger partial charge in [-0.2, -0.15) is 0 Å². The SMILES string of the molecule is Cc1ccc(CNC(=O)c2nc(Nc3ccc(F)cc3)c3ccccc3n2)o1. The number of carbonyl (C=O) groups excluding carboxylic acids is 1. The Hall–Kier alpha value is -3.74. The number of halogens is 1. The zero-order valence-electron chi connectivity index (χ0n) is 15.1. The Morgan fingerprint density at radius 3 is 2.57 bits per heavy atom. The molecule has 0 aliphatic heterocycles. The Morgan fingerprint density at radius 1 is 1.04 bits per heavy atom. The van der Waals surface area contributed by atoms with Crippen LogP contribution in [-0.2, 0) is 6.54 Å². The molecule has 2 aromatic heterocycles. The topological polar surface area (TPSA) is 80.0 Å². The van der Waals surface area contributed by atoms with Gasteiger partial charge in [0, 0.05) is 11.1 Å². The summed E-state index contributed by atoms with van der Waals surface area (Å²) in [5.74, 6) is 1.18. The van der Waals surface area contributed by atoms with E-state index in [1.54, 1.807) is 24.3 Å². The molecule has 2 heterocycles. The van der Waals surface area contributed by atoms with Crippen molar-refractivity contribution >= 4 is 28.3 Å².